The van der Waals surface area contributed by atoms with Crippen molar-refractivity contribution in [2.75, 3.05) is 56.9 Å². The molecule has 0 atom stereocenters. The highest BCUT2D eigenvalue weighted by atomic mass is 16.5. The van der Waals surface area contributed by atoms with E-state index in [1.165, 1.54) is 11.3 Å². The van der Waals surface area contributed by atoms with Crippen molar-refractivity contribution >= 4 is 17.3 Å². The number of methoxy groups -OCH3 is 2. The van der Waals surface area contributed by atoms with Crippen LogP contribution in [0.1, 0.15) is 15.9 Å². The summed E-state index contributed by atoms with van der Waals surface area (Å²) in [7, 11) is 3.17. The van der Waals surface area contributed by atoms with Crippen molar-refractivity contribution in [1.29, 1.82) is 0 Å². The summed E-state index contributed by atoms with van der Waals surface area (Å²) >= 11 is 0. The summed E-state index contributed by atoms with van der Waals surface area (Å²) in [4.78, 5) is 17.3. The fourth-order valence-corrected chi connectivity index (χ4v) is 3.70. The van der Waals surface area contributed by atoms with Crippen LogP contribution in [0.4, 0.5) is 11.4 Å². The Hall–Kier alpha value is -2.73. The second-order valence-electron chi connectivity index (χ2n) is 6.72. The standard InChI is InChI=1S/C21H24N2O4/c1-25-18-12-16(13-19(14-18)26-2)21(24)23-6-5-15-11-17(3-4-20(15)23)22-7-9-27-10-8-22/h3-4,11-14H,5-10H2,1-2H3. The number of anilines is 2. The van der Waals surface area contributed by atoms with E-state index in [1.807, 2.05) is 4.90 Å². The number of hydrogen-bond acceptors (Lipinski definition) is 5. The molecule has 0 aliphatic carbocycles. The molecule has 2 aliphatic heterocycles. The van der Waals surface area contributed by atoms with Crippen LogP contribution in [0.15, 0.2) is 36.4 Å². The number of fused-ring (bicyclic) bond motifs is 1. The highest BCUT2D eigenvalue weighted by Crippen LogP contribution is 2.34. The third-order valence-electron chi connectivity index (χ3n) is 5.18. The lowest BCUT2D eigenvalue weighted by atomic mass is 10.1. The van der Waals surface area contributed by atoms with Gasteiger partial charge in [0.15, 0.2) is 0 Å². The van der Waals surface area contributed by atoms with Gasteiger partial charge in [-0.25, -0.2) is 0 Å². The van der Waals surface area contributed by atoms with Crippen molar-refractivity contribution in [3.8, 4) is 11.5 Å². The first kappa shape index (κ1) is 17.7. The summed E-state index contributed by atoms with van der Waals surface area (Å²) in [5, 5.41) is 0. The molecule has 0 spiro atoms. The first-order chi connectivity index (χ1) is 13.2. The Bertz CT molecular complexity index is 824. The van der Waals surface area contributed by atoms with Gasteiger partial charge in [0.2, 0.25) is 0 Å². The van der Waals surface area contributed by atoms with Gasteiger partial charge in [-0.3, -0.25) is 4.79 Å². The molecule has 2 aromatic rings. The maximum absolute atomic E-state index is 13.1. The molecule has 0 unspecified atom stereocenters. The minimum Gasteiger partial charge on any atom is -0.497 e. The second kappa shape index (κ2) is 7.48. The van der Waals surface area contributed by atoms with Crippen LogP contribution in [0.2, 0.25) is 0 Å². The van der Waals surface area contributed by atoms with Crippen LogP contribution < -0.4 is 19.3 Å². The SMILES string of the molecule is COc1cc(OC)cc(C(=O)N2CCc3cc(N4CCOCC4)ccc32)c1. The molecule has 0 bridgehead atoms. The van der Waals surface area contributed by atoms with Crippen molar-refractivity contribution in [3.63, 3.8) is 0 Å². The molecule has 0 saturated carbocycles. The minimum absolute atomic E-state index is 0.0370. The van der Waals surface area contributed by atoms with Crippen LogP contribution in [0.25, 0.3) is 0 Å². The van der Waals surface area contributed by atoms with E-state index in [0.29, 0.717) is 23.6 Å². The van der Waals surface area contributed by atoms with Crippen molar-refractivity contribution in [2.45, 2.75) is 6.42 Å². The molecule has 1 fully saturated rings. The number of nitrogens with zero attached hydrogens (tertiary/aromatic N) is 2. The summed E-state index contributed by atoms with van der Waals surface area (Å²) in [6, 6.07) is 11.6. The van der Waals surface area contributed by atoms with Gasteiger partial charge in [-0.2, -0.15) is 0 Å². The molecular formula is C21H24N2O4. The van der Waals surface area contributed by atoms with Gasteiger partial charge < -0.3 is 24.0 Å². The Morgan fingerprint density at radius 2 is 1.67 bits per heavy atom. The van der Waals surface area contributed by atoms with Crippen LogP contribution in [0.3, 0.4) is 0 Å². The van der Waals surface area contributed by atoms with Crippen LogP contribution in [0.5, 0.6) is 11.5 Å². The summed E-state index contributed by atoms with van der Waals surface area (Å²) in [5.74, 6) is 1.18. The normalized spacial score (nSPS) is 16.2. The average molecular weight is 368 g/mol. The summed E-state index contributed by atoms with van der Waals surface area (Å²) < 4.78 is 16.0. The molecule has 1 saturated heterocycles. The lowest BCUT2D eigenvalue weighted by Gasteiger charge is -2.29. The Labute approximate surface area is 159 Å². The quantitative estimate of drug-likeness (QED) is 0.831. The fraction of sp³-hybridized carbons (Fsp3) is 0.381. The number of hydrogen-bond donors (Lipinski definition) is 0. The smallest absolute Gasteiger partial charge is 0.258 e. The number of benzene rings is 2. The zero-order valence-corrected chi connectivity index (χ0v) is 15.7. The largest absolute Gasteiger partial charge is 0.497 e. The number of carbonyl (C=O) groups is 1. The summed E-state index contributed by atoms with van der Waals surface area (Å²) in [6.45, 7) is 4.02. The van der Waals surface area contributed by atoms with E-state index in [1.54, 1.807) is 32.4 Å². The lowest BCUT2D eigenvalue weighted by molar-refractivity contribution is 0.0988. The monoisotopic (exact) mass is 368 g/mol. The molecule has 2 heterocycles. The first-order valence-electron chi connectivity index (χ1n) is 9.20. The Balaban J connectivity index is 1.59. The van der Waals surface area contributed by atoms with Crippen LogP contribution in [0, 0.1) is 0 Å². The molecule has 1 amide bonds. The summed E-state index contributed by atoms with van der Waals surface area (Å²) in [6.07, 6.45) is 0.861. The van der Waals surface area contributed by atoms with Gasteiger partial charge in [0.25, 0.3) is 5.91 Å². The third-order valence-corrected chi connectivity index (χ3v) is 5.18. The molecule has 4 rings (SSSR count). The average Bonchev–Trinajstić information content (AvgIpc) is 3.16. The predicted octanol–water partition coefficient (Wildman–Crippen LogP) is 2.74. The van der Waals surface area contributed by atoms with Gasteiger partial charge in [0.05, 0.1) is 27.4 Å². The molecule has 27 heavy (non-hydrogen) atoms. The number of morpholine rings is 1. The van der Waals surface area contributed by atoms with Gasteiger partial charge in [0.1, 0.15) is 11.5 Å². The highest BCUT2D eigenvalue weighted by Gasteiger charge is 2.27. The zero-order chi connectivity index (χ0) is 18.8. The maximum Gasteiger partial charge on any atom is 0.258 e. The maximum atomic E-state index is 13.1. The molecule has 0 N–H and O–H groups in total. The molecule has 6 nitrogen and oxygen atoms in total. The highest BCUT2D eigenvalue weighted by molar-refractivity contribution is 6.07. The van der Waals surface area contributed by atoms with Gasteiger partial charge in [-0.05, 0) is 42.3 Å². The number of rotatable bonds is 4. The number of carbonyl (C=O) groups excluding carboxylic acids is 1. The zero-order valence-electron chi connectivity index (χ0n) is 15.7. The van der Waals surface area contributed by atoms with Crippen LogP contribution in [-0.2, 0) is 11.2 Å². The summed E-state index contributed by atoms with van der Waals surface area (Å²) in [5.41, 5.74) is 3.96. The predicted molar refractivity (Wildman–Crippen MR) is 104 cm³/mol. The van der Waals surface area contributed by atoms with Crippen LogP contribution >= 0.6 is 0 Å². The van der Waals surface area contributed by atoms with E-state index < -0.39 is 0 Å². The molecule has 0 aromatic heterocycles. The van der Waals surface area contributed by atoms with Crippen molar-refractivity contribution in [1.82, 2.24) is 0 Å². The lowest BCUT2D eigenvalue weighted by Crippen LogP contribution is -2.36. The van der Waals surface area contributed by atoms with E-state index in [-0.39, 0.29) is 5.91 Å². The van der Waals surface area contributed by atoms with E-state index in [0.717, 1.165) is 38.4 Å². The first-order valence-corrected chi connectivity index (χ1v) is 9.20. The molecule has 2 aromatic carbocycles. The van der Waals surface area contributed by atoms with Crippen molar-refractivity contribution in [2.24, 2.45) is 0 Å². The number of amides is 1. The third kappa shape index (κ3) is 3.45. The molecule has 2 aliphatic rings. The van der Waals surface area contributed by atoms with Crippen molar-refractivity contribution < 1.29 is 19.0 Å². The number of ether oxygens (including phenoxy) is 3. The molecule has 142 valence electrons. The van der Waals surface area contributed by atoms with Gasteiger partial charge in [0, 0.05) is 42.6 Å². The van der Waals surface area contributed by atoms with Gasteiger partial charge >= 0.3 is 0 Å². The Morgan fingerprint density at radius 3 is 2.33 bits per heavy atom. The van der Waals surface area contributed by atoms with Crippen molar-refractivity contribution in [3.05, 3.63) is 47.5 Å². The molecule has 6 heteroatoms. The van der Waals surface area contributed by atoms with Gasteiger partial charge in [-0.15, -0.1) is 0 Å². The Morgan fingerprint density at radius 1 is 0.963 bits per heavy atom. The van der Waals surface area contributed by atoms with E-state index >= 15 is 0 Å². The van der Waals surface area contributed by atoms with E-state index in [4.69, 9.17) is 14.2 Å². The van der Waals surface area contributed by atoms with E-state index in [2.05, 4.69) is 23.1 Å². The molecular weight excluding hydrogens is 344 g/mol. The topological polar surface area (TPSA) is 51.2 Å². The van der Waals surface area contributed by atoms with Crippen LogP contribution in [-0.4, -0.2) is 53.0 Å². The second-order valence-corrected chi connectivity index (χ2v) is 6.72. The van der Waals surface area contributed by atoms with E-state index in [9.17, 15) is 4.79 Å². The fourth-order valence-electron chi connectivity index (χ4n) is 3.70. The molecule has 0 radical (unpaired) electrons. The Kier molecular flexibility index (Phi) is 4.90. The van der Waals surface area contributed by atoms with Gasteiger partial charge in [-0.1, -0.05) is 0 Å². The minimum atomic E-state index is -0.0370.